The van der Waals surface area contributed by atoms with Crippen LogP contribution in [0.3, 0.4) is 0 Å². The average Bonchev–Trinajstić information content (AvgIpc) is 2.48. The zero-order valence-corrected chi connectivity index (χ0v) is 13.1. The number of nitrogens with zero attached hydrogens (tertiary/aromatic N) is 1. The summed E-state index contributed by atoms with van der Waals surface area (Å²) in [5.41, 5.74) is 1.43. The van der Waals surface area contributed by atoms with Crippen molar-refractivity contribution < 1.29 is 4.74 Å². The molecule has 2 rings (SSSR count). The van der Waals surface area contributed by atoms with E-state index >= 15 is 0 Å². The minimum absolute atomic E-state index is 0.0549. The van der Waals surface area contributed by atoms with Crippen molar-refractivity contribution in [3.8, 4) is 0 Å². The molecule has 0 amide bonds. The maximum Gasteiger partial charge on any atom is 0.0535 e. The topological polar surface area (TPSA) is 24.5 Å². The van der Waals surface area contributed by atoms with Crippen LogP contribution < -0.4 is 5.32 Å². The van der Waals surface area contributed by atoms with E-state index in [9.17, 15) is 0 Å². The van der Waals surface area contributed by atoms with E-state index in [-0.39, 0.29) is 5.54 Å². The second kappa shape index (κ2) is 7.21. The quantitative estimate of drug-likeness (QED) is 0.808. The first-order valence-electron chi connectivity index (χ1n) is 7.78. The Bertz CT molecular complexity index is 395. The summed E-state index contributed by atoms with van der Waals surface area (Å²) in [7, 11) is 0. The third kappa shape index (κ3) is 3.81. The minimum Gasteiger partial charge on any atom is -0.382 e. The number of piperazine rings is 1. The highest BCUT2D eigenvalue weighted by Crippen LogP contribution is 2.26. The maximum absolute atomic E-state index is 5.45. The van der Waals surface area contributed by atoms with Gasteiger partial charge in [-0.05, 0) is 32.8 Å². The van der Waals surface area contributed by atoms with Crippen molar-refractivity contribution in [1.82, 2.24) is 10.2 Å². The molecule has 1 heterocycles. The van der Waals surface area contributed by atoms with Gasteiger partial charge in [-0.15, -0.1) is 0 Å². The fraction of sp³-hybridized carbons (Fsp3) is 0.647. The standard InChI is InChI=1S/C17H28N2O/c1-4-20-12-8-11-19-14-17(3,18-13-15(19)2)16-9-6-5-7-10-16/h5-7,9-10,15,18H,4,8,11-14H2,1-3H3. The maximum atomic E-state index is 5.45. The molecular weight excluding hydrogens is 248 g/mol. The van der Waals surface area contributed by atoms with Crippen molar-refractivity contribution in [2.75, 3.05) is 32.8 Å². The molecule has 112 valence electrons. The molecule has 0 bridgehead atoms. The summed E-state index contributed by atoms with van der Waals surface area (Å²) in [6, 6.07) is 11.4. The number of nitrogens with one attached hydrogen (secondary N) is 1. The first kappa shape index (κ1) is 15.5. The van der Waals surface area contributed by atoms with Gasteiger partial charge >= 0.3 is 0 Å². The Labute approximate surface area is 123 Å². The van der Waals surface area contributed by atoms with Crippen LogP contribution in [-0.4, -0.2) is 43.8 Å². The highest BCUT2D eigenvalue weighted by Gasteiger charge is 2.34. The van der Waals surface area contributed by atoms with Gasteiger partial charge < -0.3 is 10.1 Å². The monoisotopic (exact) mass is 276 g/mol. The number of hydrogen-bond donors (Lipinski definition) is 1. The number of rotatable bonds is 6. The molecule has 0 spiro atoms. The molecule has 20 heavy (non-hydrogen) atoms. The van der Waals surface area contributed by atoms with Gasteiger partial charge in [-0.25, -0.2) is 0 Å². The predicted molar refractivity (Wildman–Crippen MR) is 83.9 cm³/mol. The van der Waals surface area contributed by atoms with Crippen LogP contribution in [0.15, 0.2) is 30.3 Å². The molecule has 0 saturated carbocycles. The van der Waals surface area contributed by atoms with Crippen LogP contribution in [-0.2, 0) is 10.3 Å². The Kier molecular flexibility index (Phi) is 5.58. The molecule has 2 unspecified atom stereocenters. The highest BCUT2D eigenvalue weighted by atomic mass is 16.5. The molecular formula is C17H28N2O. The van der Waals surface area contributed by atoms with Crippen molar-refractivity contribution in [1.29, 1.82) is 0 Å². The van der Waals surface area contributed by atoms with E-state index in [1.165, 1.54) is 5.56 Å². The number of hydrogen-bond acceptors (Lipinski definition) is 3. The van der Waals surface area contributed by atoms with E-state index < -0.39 is 0 Å². The molecule has 0 aliphatic carbocycles. The van der Waals surface area contributed by atoms with Crippen LogP contribution in [0.5, 0.6) is 0 Å². The van der Waals surface area contributed by atoms with Gasteiger partial charge in [0.1, 0.15) is 0 Å². The van der Waals surface area contributed by atoms with Gasteiger partial charge in [0.25, 0.3) is 0 Å². The van der Waals surface area contributed by atoms with Crippen LogP contribution in [0.4, 0.5) is 0 Å². The summed E-state index contributed by atoms with van der Waals surface area (Å²) >= 11 is 0. The third-order valence-electron chi connectivity index (χ3n) is 4.28. The van der Waals surface area contributed by atoms with Crippen LogP contribution >= 0.6 is 0 Å². The third-order valence-corrected chi connectivity index (χ3v) is 4.28. The lowest BCUT2D eigenvalue weighted by Gasteiger charge is -2.45. The average molecular weight is 276 g/mol. The molecule has 1 saturated heterocycles. The van der Waals surface area contributed by atoms with Gasteiger partial charge in [-0.3, -0.25) is 4.90 Å². The zero-order chi connectivity index (χ0) is 14.4. The van der Waals surface area contributed by atoms with Crippen LogP contribution in [0.25, 0.3) is 0 Å². The lowest BCUT2D eigenvalue weighted by molar-refractivity contribution is 0.0760. The SMILES string of the molecule is CCOCCCN1CC(C)(c2ccccc2)NCC1C. The van der Waals surface area contributed by atoms with Crippen LogP contribution in [0.1, 0.15) is 32.8 Å². The molecule has 1 N–H and O–H groups in total. The summed E-state index contributed by atoms with van der Waals surface area (Å²) in [4.78, 5) is 2.59. The Balaban J connectivity index is 1.96. The van der Waals surface area contributed by atoms with Gasteiger partial charge in [-0.1, -0.05) is 30.3 Å². The Morgan fingerprint density at radius 1 is 1.35 bits per heavy atom. The van der Waals surface area contributed by atoms with Crippen LogP contribution in [0, 0.1) is 0 Å². The highest BCUT2D eigenvalue weighted by molar-refractivity contribution is 5.25. The second-order valence-electron chi connectivity index (χ2n) is 5.95. The normalized spacial score (nSPS) is 27.6. The van der Waals surface area contributed by atoms with Gasteiger partial charge in [0.05, 0.1) is 5.54 Å². The van der Waals surface area contributed by atoms with Crippen molar-refractivity contribution >= 4 is 0 Å². The fourth-order valence-corrected chi connectivity index (χ4v) is 2.93. The van der Waals surface area contributed by atoms with Gasteiger partial charge in [-0.2, -0.15) is 0 Å². The molecule has 1 aliphatic heterocycles. The number of ether oxygens (including phenoxy) is 1. The molecule has 3 nitrogen and oxygen atoms in total. The molecule has 1 aliphatic rings. The minimum atomic E-state index is 0.0549. The van der Waals surface area contributed by atoms with E-state index in [0.717, 1.165) is 39.3 Å². The van der Waals surface area contributed by atoms with E-state index in [1.807, 2.05) is 0 Å². The molecule has 1 fully saturated rings. The van der Waals surface area contributed by atoms with Gasteiger partial charge in [0.15, 0.2) is 0 Å². The smallest absolute Gasteiger partial charge is 0.0535 e. The predicted octanol–water partition coefficient (Wildman–Crippen LogP) is 2.62. The summed E-state index contributed by atoms with van der Waals surface area (Å²) in [5.74, 6) is 0. The van der Waals surface area contributed by atoms with Gasteiger partial charge in [0, 0.05) is 38.9 Å². The first-order chi connectivity index (χ1) is 9.65. The van der Waals surface area contributed by atoms with Crippen molar-refractivity contribution in [3.63, 3.8) is 0 Å². The molecule has 0 radical (unpaired) electrons. The van der Waals surface area contributed by atoms with E-state index in [2.05, 4.69) is 61.3 Å². The van der Waals surface area contributed by atoms with Crippen LogP contribution in [0.2, 0.25) is 0 Å². The van der Waals surface area contributed by atoms with Gasteiger partial charge in [0.2, 0.25) is 0 Å². The second-order valence-corrected chi connectivity index (χ2v) is 5.95. The van der Waals surface area contributed by atoms with E-state index in [1.54, 1.807) is 0 Å². The Hall–Kier alpha value is -0.900. The Morgan fingerprint density at radius 2 is 2.10 bits per heavy atom. The summed E-state index contributed by atoms with van der Waals surface area (Å²) < 4.78 is 5.45. The molecule has 2 atom stereocenters. The summed E-state index contributed by atoms with van der Waals surface area (Å²) in [6.45, 7) is 11.6. The first-order valence-corrected chi connectivity index (χ1v) is 7.78. The van der Waals surface area contributed by atoms with E-state index in [0.29, 0.717) is 6.04 Å². The molecule has 3 heteroatoms. The summed E-state index contributed by atoms with van der Waals surface area (Å²) in [5, 5.41) is 3.72. The summed E-state index contributed by atoms with van der Waals surface area (Å²) in [6.07, 6.45) is 1.11. The zero-order valence-electron chi connectivity index (χ0n) is 13.1. The van der Waals surface area contributed by atoms with Crippen molar-refractivity contribution in [2.24, 2.45) is 0 Å². The van der Waals surface area contributed by atoms with Crippen molar-refractivity contribution in [2.45, 2.75) is 38.8 Å². The lowest BCUT2D eigenvalue weighted by atomic mass is 9.88. The molecule has 1 aromatic carbocycles. The Morgan fingerprint density at radius 3 is 2.80 bits per heavy atom. The van der Waals surface area contributed by atoms with Crippen molar-refractivity contribution in [3.05, 3.63) is 35.9 Å². The largest absolute Gasteiger partial charge is 0.382 e. The molecule has 1 aromatic rings. The van der Waals surface area contributed by atoms with E-state index in [4.69, 9.17) is 4.74 Å². The lowest BCUT2D eigenvalue weighted by Crippen LogP contribution is -2.60. The molecule has 0 aromatic heterocycles. The number of benzene rings is 1. The fourth-order valence-electron chi connectivity index (χ4n) is 2.93.